The zero-order valence-electron chi connectivity index (χ0n) is 11.0. The number of nitrogens with zero attached hydrogens (tertiary/aromatic N) is 4. The van der Waals surface area contributed by atoms with Crippen molar-refractivity contribution in [3.8, 4) is 0 Å². The van der Waals surface area contributed by atoms with E-state index in [0.29, 0.717) is 5.95 Å². The Morgan fingerprint density at radius 2 is 2.05 bits per heavy atom. The van der Waals surface area contributed by atoms with Crippen LogP contribution in [0.15, 0.2) is 18.3 Å². The van der Waals surface area contributed by atoms with E-state index >= 15 is 0 Å². The van der Waals surface area contributed by atoms with Crippen molar-refractivity contribution in [2.24, 2.45) is 7.05 Å². The van der Waals surface area contributed by atoms with Gasteiger partial charge in [-0.05, 0) is 34.7 Å². The highest BCUT2D eigenvalue weighted by molar-refractivity contribution is 14.1. The summed E-state index contributed by atoms with van der Waals surface area (Å²) in [6.45, 7) is 0. The number of nitrogens with two attached hydrogens (primary N) is 1. The van der Waals surface area contributed by atoms with E-state index < -0.39 is 0 Å². The van der Waals surface area contributed by atoms with Crippen LogP contribution < -0.4 is 10.6 Å². The van der Waals surface area contributed by atoms with Crippen LogP contribution in [0.3, 0.4) is 0 Å². The van der Waals surface area contributed by atoms with Gasteiger partial charge in [0.05, 0.1) is 16.4 Å². The van der Waals surface area contributed by atoms with Gasteiger partial charge in [0.25, 0.3) is 0 Å². The lowest BCUT2D eigenvalue weighted by Gasteiger charge is -2.15. The van der Waals surface area contributed by atoms with Gasteiger partial charge < -0.3 is 15.2 Å². The molecule has 6 heteroatoms. The van der Waals surface area contributed by atoms with Crippen LogP contribution in [0.1, 0.15) is 0 Å². The second kappa shape index (κ2) is 4.22. The summed E-state index contributed by atoms with van der Waals surface area (Å²) in [5.74, 6) is 1.16. The van der Waals surface area contributed by atoms with E-state index in [0.717, 1.165) is 25.7 Å². The molecule has 1 aromatic carbocycles. The van der Waals surface area contributed by atoms with E-state index in [1.165, 1.54) is 5.52 Å². The third-order valence-corrected chi connectivity index (χ3v) is 4.01. The van der Waals surface area contributed by atoms with Gasteiger partial charge in [0, 0.05) is 36.3 Å². The monoisotopic (exact) mass is 367 g/mol. The summed E-state index contributed by atoms with van der Waals surface area (Å²) >= 11 is 2.33. The number of fused-ring (bicyclic) bond motifs is 3. The molecule has 2 N–H and O–H groups in total. The second-order valence-electron chi connectivity index (χ2n) is 4.74. The second-order valence-corrected chi connectivity index (χ2v) is 5.90. The summed E-state index contributed by atoms with van der Waals surface area (Å²) < 4.78 is 3.28. The molecule has 0 spiro atoms. The van der Waals surface area contributed by atoms with Gasteiger partial charge in [-0.25, -0.2) is 4.98 Å². The van der Waals surface area contributed by atoms with Crippen LogP contribution in [0, 0.1) is 3.57 Å². The molecular formula is C13H14IN5. The van der Waals surface area contributed by atoms with Crippen molar-refractivity contribution in [1.82, 2.24) is 14.5 Å². The van der Waals surface area contributed by atoms with Crippen LogP contribution in [0.5, 0.6) is 0 Å². The minimum Gasteiger partial charge on any atom is -0.368 e. The molecule has 0 radical (unpaired) electrons. The molecule has 3 aromatic rings. The average Bonchev–Trinajstić information content (AvgIpc) is 2.70. The van der Waals surface area contributed by atoms with E-state index in [-0.39, 0.29) is 0 Å². The standard InChI is InChI=1S/C13H14IN5/c1-18(2)12-10-7-4-5-19(3)11(7)8(14)6-9(10)16-13(15)17-12/h4-6H,1-3H3,(H2,15,16,17). The molecule has 0 unspecified atom stereocenters. The predicted molar refractivity (Wildman–Crippen MR) is 87.5 cm³/mol. The van der Waals surface area contributed by atoms with Gasteiger partial charge in [-0.2, -0.15) is 4.98 Å². The third kappa shape index (κ3) is 1.81. The number of aryl methyl sites for hydroxylation is 1. The Balaban J connectivity index is 2.59. The van der Waals surface area contributed by atoms with Crippen molar-refractivity contribution in [2.75, 3.05) is 24.7 Å². The minimum absolute atomic E-state index is 0.308. The fourth-order valence-corrected chi connectivity index (χ4v) is 3.35. The van der Waals surface area contributed by atoms with E-state index in [1.807, 2.05) is 26.0 Å². The zero-order valence-corrected chi connectivity index (χ0v) is 13.1. The molecule has 0 saturated carbocycles. The number of aromatic nitrogens is 3. The molecular weight excluding hydrogens is 353 g/mol. The molecule has 5 nitrogen and oxygen atoms in total. The molecule has 2 heterocycles. The molecule has 0 saturated heterocycles. The number of benzene rings is 1. The molecule has 0 atom stereocenters. The summed E-state index contributed by atoms with van der Waals surface area (Å²) in [6.07, 6.45) is 2.06. The van der Waals surface area contributed by atoms with Crippen LogP contribution in [0.4, 0.5) is 11.8 Å². The molecule has 3 rings (SSSR count). The van der Waals surface area contributed by atoms with Gasteiger partial charge in [-0.3, -0.25) is 0 Å². The summed E-state index contributed by atoms with van der Waals surface area (Å²) in [5.41, 5.74) is 7.89. The van der Waals surface area contributed by atoms with Crippen LogP contribution in [-0.2, 0) is 7.05 Å². The third-order valence-electron chi connectivity index (χ3n) is 3.19. The first kappa shape index (κ1) is 12.5. The smallest absolute Gasteiger partial charge is 0.222 e. The van der Waals surface area contributed by atoms with Crippen molar-refractivity contribution >= 4 is 56.2 Å². The molecule has 2 aromatic heterocycles. The topological polar surface area (TPSA) is 60.0 Å². The lowest BCUT2D eigenvalue weighted by Crippen LogP contribution is -2.13. The van der Waals surface area contributed by atoms with Crippen molar-refractivity contribution in [2.45, 2.75) is 0 Å². The average molecular weight is 367 g/mol. The van der Waals surface area contributed by atoms with E-state index in [9.17, 15) is 0 Å². The Labute approximate surface area is 124 Å². The maximum Gasteiger partial charge on any atom is 0.222 e. The van der Waals surface area contributed by atoms with Crippen molar-refractivity contribution in [3.63, 3.8) is 0 Å². The largest absolute Gasteiger partial charge is 0.368 e. The summed E-state index contributed by atoms with van der Waals surface area (Å²) in [7, 11) is 5.98. The molecule has 98 valence electrons. The summed E-state index contributed by atoms with van der Waals surface area (Å²) in [4.78, 5) is 10.7. The van der Waals surface area contributed by atoms with Crippen LogP contribution in [-0.4, -0.2) is 28.6 Å². The maximum atomic E-state index is 5.81. The molecule has 0 fully saturated rings. The number of hydrogen-bond donors (Lipinski definition) is 1. The van der Waals surface area contributed by atoms with Gasteiger partial charge in [0.1, 0.15) is 5.82 Å². The first-order chi connectivity index (χ1) is 8.99. The maximum absolute atomic E-state index is 5.81. The fourth-order valence-electron chi connectivity index (χ4n) is 2.39. The van der Waals surface area contributed by atoms with E-state index in [4.69, 9.17) is 5.73 Å². The number of rotatable bonds is 1. The van der Waals surface area contributed by atoms with Gasteiger partial charge >= 0.3 is 0 Å². The molecule has 19 heavy (non-hydrogen) atoms. The Kier molecular flexibility index (Phi) is 2.77. The summed E-state index contributed by atoms with van der Waals surface area (Å²) in [6, 6.07) is 4.16. The Hall–Kier alpha value is -1.57. The van der Waals surface area contributed by atoms with Crippen molar-refractivity contribution < 1.29 is 0 Å². The number of nitrogen functional groups attached to an aromatic ring is 1. The van der Waals surface area contributed by atoms with E-state index in [2.05, 4.69) is 55.5 Å². The van der Waals surface area contributed by atoms with E-state index in [1.54, 1.807) is 0 Å². The van der Waals surface area contributed by atoms with Crippen molar-refractivity contribution in [3.05, 3.63) is 21.9 Å². The Morgan fingerprint density at radius 1 is 1.32 bits per heavy atom. The lowest BCUT2D eigenvalue weighted by molar-refractivity contribution is 0.966. The SMILES string of the molecule is CN(C)c1nc(N)nc2cc(I)c3c(ccn3C)c12. The molecule has 0 amide bonds. The van der Waals surface area contributed by atoms with Gasteiger partial charge in [0.2, 0.25) is 5.95 Å². The molecule has 0 aliphatic carbocycles. The van der Waals surface area contributed by atoms with Crippen LogP contribution in [0.25, 0.3) is 21.8 Å². The normalized spacial score (nSPS) is 11.4. The molecule has 0 bridgehead atoms. The van der Waals surface area contributed by atoms with Gasteiger partial charge in [0.15, 0.2) is 0 Å². The van der Waals surface area contributed by atoms with Crippen LogP contribution >= 0.6 is 22.6 Å². The highest BCUT2D eigenvalue weighted by Crippen LogP contribution is 2.34. The predicted octanol–water partition coefficient (Wildman–Crippen LogP) is 2.37. The van der Waals surface area contributed by atoms with Gasteiger partial charge in [-0.15, -0.1) is 0 Å². The van der Waals surface area contributed by atoms with Crippen molar-refractivity contribution in [1.29, 1.82) is 0 Å². The minimum atomic E-state index is 0.308. The lowest BCUT2D eigenvalue weighted by atomic mass is 10.1. The summed E-state index contributed by atoms with van der Waals surface area (Å²) in [5, 5.41) is 2.21. The Morgan fingerprint density at radius 3 is 2.74 bits per heavy atom. The number of anilines is 2. The molecule has 0 aliphatic heterocycles. The fraction of sp³-hybridized carbons (Fsp3) is 0.231. The van der Waals surface area contributed by atoms with Gasteiger partial charge in [-0.1, -0.05) is 0 Å². The molecule has 0 aliphatic rings. The number of halogens is 1. The number of hydrogen-bond acceptors (Lipinski definition) is 4. The Bertz CT molecular complexity index is 791. The quantitative estimate of drug-likeness (QED) is 0.671. The first-order valence-electron chi connectivity index (χ1n) is 5.87. The zero-order chi connectivity index (χ0) is 13.7. The highest BCUT2D eigenvalue weighted by Gasteiger charge is 2.15. The first-order valence-corrected chi connectivity index (χ1v) is 6.95. The highest BCUT2D eigenvalue weighted by atomic mass is 127. The van der Waals surface area contributed by atoms with Crippen LogP contribution in [0.2, 0.25) is 0 Å².